The van der Waals surface area contributed by atoms with Crippen LogP contribution in [-0.2, 0) is 0 Å². The third-order valence-electron chi connectivity index (χ3n) is 5.62. The molecule has 0 atom stereocenters. The van der Waals surface area contributed by atoms with E-state index >= 15 is 0 Å². The molecule has 3 rings (SSSR count). The zero-order valence-electron chi connectivity index (χ0n) is 15.0. The fourth-order valence-corrected chi connectivity index (χ4v) is 4.05. The Morgan fingerprint density at radius 1 is 1.21 bits per heavy atom. The number of nitrogen functional groups attached to an aromatic ring is 1. The number of nitrogens with zero attached hydrogens (tertiary/aromatic N) is 5. The summed E-state index contributed by atoms with van der Waals surface area (Å²) in [5.74, 6) is 0.233. The number of likely N-dealkylation sites (N-methyl/N-ethyl adjacent to an activating group) is 2. The first-order valence-electron chi connectivity index (χ1n) is 8.69. The van der Waals surface area contributed by atoms with E-state index < -0.39 is 0 Å². The van der Waals surface area contributed by atoms with Gasteiger partial charge in [0, 0.05) is 31.4 Å². The Balaban J connectivity index is 1.71. The van der Waals surface area contributed by atoms with Crippen molar-refractivity contribution in [3.8, 4) is 0 Å². The van der Waals surface area contributed by atoms with E-state index in [1.54, 1.807) is 6.20 Å². The van der Waals surface area contributed by atoms with E-state index in [9.17, 15) is 4.79 Å². The molecule has 2 aliphatic rings. The van der Waals surface area contributed by atoms with E-state index in [2.05, 4.69) is 33.9 Å². The van der Waals surface area contributed by atoms with Crippen molar-refractivity contribution in [2.24, 2.45) is 0 Å². The molecule has 0 radical (unpaired) electrons. The zero-order valence-corrected chi connectivity index (χ0v) is 15.0. The highest BCUT2D eigenvalue weighted by Gasteiger charge is 2.41. The van der Waals surface area contributed by atoms with Crippen molar-refractivity contribution in [2.45, 2.75) is 31.7 Å². The number of hydrogen-bond donors (Lipinski definition) is 1. The highest BCUT2D eigenvalue weighted by molar-refractivity contribution is 5.95. The predicted molar refractivity (Wildman–Crippen MR) is 93.8 cm³/mol. The minimum atomic E-state index is 0.0204. The van der Waals surface area contributed by atoms with Crippen molar-refractivity contribution in [3.63, 3.8) is 0 Å². The first-order valence-corrected chi connectivity index (χ1v) is 8.69. The number of carbonyl (C=O) groups is 1. The van der Waals surface area contributed by atoms with Crippen LogP contribution in [0.1, 0.15) is 35.3 Å². The predicted octanol–water partition coefficient (Wildman–Crippen LogP) is 0.609. The molecular formula is C17H28N6O. The summed E-state index contributed by atoms with van der Waals surface area (Å²) < 4.78 is 0. The second-order valence-electron chi connectivity index (χ2n) is 7.26. The summed E-state index contributed by atoms with van der Waals surface area (Å²) in [6.07, 6.45) is 4.78. The first-order chi connectivity index (χ1) is 11.4. The summed E-state index contributed by atoms with van der Waals surface area (Å²) in [4.78, 5) is 27.8. The van der Waals surface area contributed by atoms with Gasteiger partial charge in [0.25, 0.3) is 5.91 Å². The molecule has 1 spiro atoms. The zero-order chi connectivity index (χ0) is 17.3. The highest BCUT2D eigenvalue weighted by atomic mass is 16.2. The van der Waals surface area contributed by atoms with Gasteiger partial charge in [0.2, 0.25) is 5.95 Å². The largest absolute Gasteiger partial charge is 0.368 e. The molecule has 2 saturated heterocycles. The van der Waals surface area contributed by atoms with Crippen LogP contribution in [0.25, 0.3) is 0 Å². The first kappa shape index (κ1) is 17.1. The van der Waals surface area contributed by atoms with E-state index in [1.807, 2.05) is 11.8 Å². The Morgan fingerprint density at radius 2 is 1.92 bits per heavy atom. The number of hydrogen-bond acceptors (Lipinski definition) is 6. The van der Waals surface area contributed by atoms with Gasteiger partial charge in [-0.15, -0.1) is 0 Å². The van der Waals surface area contributed by atoms with Gasteiger partial charge in [-0.25, -0.2) is 9.97 Å². The van der Waals surface area contributed by atoms with Gasteiger partial charge in [0.05, 0.1) is 11.3 Å². The third kappa shape index (κ3) is 3.23. The Bertz CT molecular complexity index is 611. The van der Waals surface area contributed by atoms with E-state index in [-0.39, 0.29) is 17.4 Å². The van der Waals surface area contributed by atoms with Gasteiger partial charge in [-0.3, -0.25) is 9.69 Å². The van der Waals surface area contributed by atoms with Gasteiger partial charge >= 0.3 is 0 Å². The number of aryl methyl sites for hydroxylation is 1. The Hall–Kier alpha value is -1.73. The van der Waals surface area contributed by atoms with Gasteiger partial charge in [0.15, 0.2) is 0 Å². The molecule has 0 bridgehead atoms. The van der Waals surface area contributed by atoms with Gasteiger partial charge in [0.1, 0.15) is 0 Å². The lowest BCUT2D eigenvalue weighted by molar-refractivity contribution is 0.0281. The van der Waals surface area contributed by atoms with E-state index in [0.29, 0.717) is 11.3 Å². The quantitative estimate of drug-likeness (QED) is 0.812. The SMILES string of the molecule is Cc1nc(N)ncc1C(=O)N1CCC2(CC1)CN(C)CCCN2C. The van der Waals surface area contributed by atoms with Crippen LogP contribution in [0.15, 0.2) is 6.20 Å². The molecule has 1 aromatic rings. The number of carbonyl (C=O) groups excluding carboxylic acids is 1. The molecule has 3 heterocycles. The molecule has 0 saturated carbocycles. The van der Waals surface area contributed by atoms with Gasteiger partial charge in [-0.2, -0.15) is 0 Å². The maximum absolute atomic E-state index is 12.8. The molecule has 2 aliphatic heterocycles. The molecule has 24 heavy (non-hydrogen) atoms. The number of rotatable bonds is 1. The molecule has 1 aromatic heterocycles. The molecule has 2 N–H and O–H groups in total. The maximum Gasteiger partial charge on any atom is 0.257 e. The van der Waals surface area contributed by atoms with Crippen LogP contribution < -0.4 is 5.73 Å². The molecule has 0 aliphatic carbocycles. The number of amides is 1. The Morgan fingerprint density at radius 3 is 2.58 bits per heavy atom. The van der Waals surface area contributed by atoms with Gasteiger partial charge in [-0.05, 0) is 53.4 Å². The number of piperidine rings is 1. The van der Waals surface area contributed by atoms with Crippen LogP contribution in [0.2, 0.25) is 0 Å². The minimum Gasteiger partial charge on any atom is -0.368 e. The average Bonchev–Trinajstić information content (AvgIpc) is 2.67. The number of aromatic nitrogens is 2. The normalized spacial score (nSPS) is 22.5. The minimum absolute atomic E-state index is 0.0204. The topological polar surface area (TPSA) is 78.6 Å². The number of nitrogens with two attached hydrogens (primary N) is 1. The van der Waals surface area contributed by atoms with E-state index in [1.165, 1.54) is 6.42 Å². The second kappa shape index (κ2) is 6.64. The molecule has 7 heteroatoms. The summed E-state index contributed by atoms with van der Waals surface area (Å²) in [5.41, 5.74) is 6.99. The highest BCUT2D eigenvalue weighted by Crippen LogP contribution is 2.31. The second-order valence-corrected chi connectivity index (χ2v) is 7.26. The van der Waals surface area contributed by atoms with Crippen molar-refractivity contribution >= 4 is 11.9 Å². The lowest BCUT2D eigenvalue weighted by Crippen LogP contribution is -2.58. The van der Waals surface area contributed by atoms with Crippen molar-refractivity contribution in [2.75, 3.05) is 52.6 Å². The Kier molecular flexibility index (Phi) is 4.73. The van der Waals surface area contributed by atoms with Crippen LogP contribution >= 0.6 is 0 Å². The molecule has 1 amide bonds. The fourth-order valence-electron chi connectivity index (χ4n) is 4.05. The van der Waals surface area contributed by atoms with Crippen LogP contribution in [0.3, 0.4) is 0 Å². The summed E-state index contributed by atoms with van der Waals surface area (Å²) in [6.45, 7) is 6.72. The maximum atomic E-state index is 12.8. The molecule has 0 unspecified atom stereocenters. The molecule has 0 aromatic carbocycles. The summed E-state index contributed by atoms with van der Waals surface area (Å²) in [7, 11) is 4.43. The standard InChI is InChI=1S/C17H28N6O/c1-13-14(11-19-16(18)20-13)15(24)23-9-5-17(6-10-23)12-21(2)7-4-8-22(17)3/h11H,4-10,12H2,1-3H3,(H2,18,19,20). The van der Waals surface area contributed by atoms with Crippen LogP contribution in [-0.4, -0.2) is 82.9 Å². The van der Waals surface area contributed by atoms with Crippen molar-refractivity contribution in [3.05, 3.63) is 17.5 Å². The molecule has 2 fully saturated rings. The summed E-state index contributed by atoms with van der Waals surface area (Å²) in [5, 5.41) is 0. The van der Waals surface area contributed by atoms with Crippen molar-refractivity contribution < 1.29 is 4.79 Å². The van der Waals surface area contributed by atoms with Crippen LogP contribution in [0.5, 0.6) is 0 Å². The molecule has 132 valence electrons. The Labute approximate surface area is 143 Å². The fraction of sp³-hybridized carbons (Fsp3) is 0.706. The lowest BCUT2D eigenvalue weighted by Gasteiger charge is -2.47. The van der Waals surface area contributed by atoms with Gasteiger partial charge in [-0.1, -0.05) is 0 Å². The van der Waals surface area contributed by atoms with Crippen LogP contribution in [0, 0.1) is 6.92 Å². The molecular weight excluding hydrogens is 304 g/mol. The van der Waals surface area contributed by atoms with E-state index in [4.69, 9.17) is 5.73 Å². The molecule has 7 nitrogen and oxygen atoms in total. The number of likely N-dealkylation sites (tertiary alicyclic amines) is 1. The monoisotopic (exact) mass is 332 g/mol. The van der Waals surface area contributed by atoms with Gasteiger partial charge < -0.3 is 15.5 Å². The van der Waals surface area contributed by atoms with Crippen LogP contribution in [0.4, 0.5) is 5.95 Å². The average molecular weight is 332 g/mol. The third-order valence-corrected chi connectivity index (χ3v) is 5.62. The summed E-state index contributed by atoms with van der Waals surface area (Å²) >= 11 is 0. The van der Waals surface area contributed by atoms with E-state index in [0.717, 1.165) is 45.6 Å². The summed E-state index contributed by atoms with van der Waals surface area (Å²) in [6, 6.07) is 0. The van der Waals surface area contributed by atoms with Crippen molar-refractivity contribution in [1.82, 2.24) is 24.7 Å². The lowest BCUT2D eigenvalue weighted by atomic mass is 9.85. The smallest absolute Gasteiger partial charge is 0.257 e. The number of anilines is 1. The van der Waals surface area contributed by atoms with Crippen molar-refractivity contribution in [1.29, 1.82) is 0 Å².